The minimum atomic E-state index is -4.22. The Morgan fingerprint density at radius 2 is 1.56 bits per heavy atom. The standard InChI is InChI=1S/C29H29N3O5S2/c1-3-32(4-2)29(35)25(18-20-11-14-23(15-12-20)30-28(34)26-10-7-17-38-26)27(33)31-39(36,37)24-16-13-21-8-5-6-9-22(21)19-24/h5-17,19,25H,3-4,18H2,1-2H3,(H,30,34)(H,31,33). The van der Waals surface area contributed by atoms with E-state index in [1.807, 2.05) is 17.5 Å². The van der Waals surface area contributed by atoms with E-state index in [1.165, 1.54) is 28.4 Å². The van der Waals surface area contributed by atoms with E-state index in [2.05, 4.69) is 10.0 Å². The van der Waals surface area contributed by atoms with Gasteiger partial charge in [0.2, 0.25) is 11.8 Å². The Bertz CT molecular complexity index is 1580. The summed E-state index contributed by atoms with van der Waals surface area (Å²) in [7, 11) is -4.22. The van der Waals surface area contributed by atoms with Crippen molar-refractivity contribution in [1.82, 2.24) is 9.62 Å². The summed E-state index contributed by atoms with van der Waals surface area (Å²) in [4.78, 5) is 41.0. The summed E-state index contributed by atoms with van der Waals surface area (Å²) in [5.41, 5.74) is 1.21. The predicted molar refractivity (Wildman–Crippen MR) is 153 cm³/mol. The van der Waals surface area contributed by atoms with Gasteiger partial charge in [-0.2, -0.15) is 0 Å². The van der Waals surface area contributed by atoms with Crippen molar-refractivity contribution in [2.75, 3.05) is 18.4 Å². The number of thiophene rings is 1. The molecule has 0 spiro atoms. The second-order valence-electron chi connectivity index (χ2n) is 8.87. The minimum Gasteiger partial charge on any atom is -0.343 e. The van der Waals surface area contributed by atoms with Crippen LogP contribution in [0.2, 0.25) is 0 Å². The maximum absolute atomic E-state index is 13.3. The lowest BCUT2D eigenvalue weighted by Gasteiger charge is -2.24. The van der Waals surface area contributed by atoms with Crippen molar-refractivity contribution in [2.24, 2.45) is 5.92 Å². The molecular formula is C29H29N3O5S2. The molecule has 2 N–H and O–H groups in total. The number of benzene rings is 3. The van der Waals surface area contributed by atoms with Crippen molar-refractivity contribution in [3.8, 4) is 0 Å². The lowest BCUT2D eigenvalue weighted by atomic mass is 9.97. The highest BCUT2D eigenvalue weighted by Gasteiger charge is 2.33. The minimum absolute atomic E-state index is 0.00639. The molecule has 3 amide bonds. The fourth-order valence-electron chi connectivity index (χ4n) is 4.21. The van der Waals surface area contributed by atoms with Gasteiger partial charge < -0.3 is 10.2 Å². The number of nitrogens with one attached hydrogen (secondary N) is 2. The number of carbonyl (C=O) groups is 3. The lowest BCUT2D eigenvalue weighted by Crippen LogP contribution is -2.46. The average molecular weight is 564 g/mol. The van der Waals surface area contributed by atoms with Crippen molar-refractivity contribution in [1.29, 1.82) is 0 Å². The quantitative estimate of drug-likeness (QED) is 0.272. The van der Waals surface area contributed by atoms with Gasteiger partial charge in [0, 0.05) is 18.8 Å². The van der Waals surface area contributed by atoms with Crippen molar-refractivity contribution < 1.29 is 22.8 Å². The van der Waals surface area contributed by atoms with Crippen LogP contribution in [0.15, 0.2) is 89.1 Å². The monoisotopic (exact) mass is 563 g/mol. The number of nitrogens with zero attached hydrogens (tertiary/aromatic N) is 1. The van der Waals surface area contributed by atoms with E-state index >= 15 is 0 Å². The molecule has 0 fully saturated rings. The summed E-state index contributed by atoms with van der Waals surface area (Å²) >= 11 is 1.33. The van der Waals surface area contributed by atoms with Crippen LogP contribution in [0.4, 0.5) is 5.69 Å². The highest BCUT2D eigenvalue weighted by molar-refractivity contribution is 7.90. The van der Waals surface area contributed by atoms with Gasteiger partial charge in [0.25, 0.3) is 15.9 Å². The molecule has 1 aromatic heterocycles. The first kappa shape index (κ1) is 28.0. The Balaban J connectivity index is 1.54. The SMILES string of the molecule is CCN(CC)C(=O)C(Cc1ccc(NC(=O)c2cccs2)cc1)C(=O)NS(=O)(=O)c1ccc2ccccc2c1. The van der Waals surface area contributed by atoms with Gasteiger partial charge in [-0.3, -0.25) is 14.4 Å². The van der Waals surface area contributed by atoms with Crippen molar-refractivity contribution in [3.63, 3.8) is 0 Å². The van der Waals surface area contributed by atoms with Crippen LogP contribution in [-0.2, 0) is 26.0 Å². The molecule has 8 nitrogen and oxygen atoms in total. The smallest absolute Gasteiger partial charge is 0.265 e. The molecule has 202 valence electrons. The molecule has 4 aromatic rings. The first-order valence-electron chi connectivity index (χ1n) is 12.5. The fraction of sp³-hybridized carbons (Fsp3) is 0.207. The first-order chi connectivity index (χ1) is 18.7. The van der Waals surface area contributed by atoms with Gasteiger partial charge in [-0.15, -0.1) is 11.3 Å². The van der Waals surface area contributed by atoms with Crippen LogP contribution in [-0.4, -0.2) is 44.1 Å². The Morgan fingerprint density at radius 3 is 2.21 bits per heavy atom. The van der Waals surface area contributed by atoms with Crippen LogP contribution in [0.25, 0.3) is 10.8 Å². The first-order valence-corrected chi connectivity index (χ1v) is 14.9. The highest BCUT2D eigenvalue weighted by atomic mass is 32.2. The Kier molecular flexibility index (Phi) is 8.78. The van der Waals surface area contributed by atoms with Crippen LogP contribution in [0.3, 0.4) is 0 Å². The summed E-state index contributed by atoms with van der Waals surface area (Å²) in [6, 6.07) is 22.2. The van der Waals surface area contributed by atoms with E-state index in [9.17, 15) is 22.8 Å². The maximum Gasteiger partial charge on any atom is 0.265 e. The summed E-state index contributed by atoms with van der Waals surface area (Å²) in [6.07, 6.45) is -0.00639. The number of amides is 3. The van der Waals surface area contributed by atoms with Crippen LogP contribution in [0.1, 0.15) is 29.1 Å². The molecule has 0 aliphatic heterocycles. The molecule has 1 atom stereocenters. The summed E-state index contributed by atoms with van der Waals surface area (Å²) in [5, 5.41) is 6.21. The second-order valence-corrected chi connectivity index (χ2v) is 11.5. The molecule has 1 heterocycles. The Labute approximate surface area is 231 Å². The van der Waals surface area contributed by atoms with E-state index in [1.54, 1.807) is 68.4 Å². The molecule has 0 aliphatic rings. The number of hydrogen-bond donors (Lipinski definition) is 2. The van der Waals surface area contributed by atoms with Gasteiger partial charge in [-0.05, 0) is 72.3 Å². The molecule has 0 radical (unpaired) electrons. The summed E-state index contributed by atoms with van der Waals surface area (Å²) < 4.78 is 28.4. The molecule has 3 aromatic carbocycles. The molecule has 0 saturated carbocycles. The number of sulfonamides is 1. The van der Waals surface area contributed by atoms with Crippen LogP contribution in [0, 0.1) is 5.92 Å². The van der Waals surface area contributed by atoms with Crippen molar-refractivity contribution in [3.05, 3.63) is 94.7 Å². The average Bonchev–Trinajstić information content (AvgIpc) is 3.48. The van der Waals surface area contributed by atoms with E-state index in [4.69, 9.17) is 0 Å². The number of carbonyl (C=O) groups excluding carboxylic acids is 3. The molecule has 0 saturated heterocycles. The third-order valence-corrected chi connectivity index (χ3v) is 8.57. The van der Waals surface area contributed by atoms with E-state index < -0.39 is 27.8 Å². The van der Waals surface area contributed by atoms with Gasteiger partial charge in [-0.25, -0.2) is 13.1 Å². The summed E-state index contributed by atoms with van der Waals surface area (Å²) in [5.74, 6) is -2.84. The second kappa shape index (κ2) is 12.2. The van der Waals surface area contributed by atoms with Gasteiger partial charge in [0.05, 0.1) is 9.77 Å². The highest BCUT2D eigenvalue weighted by Crippen LogP contribution is 2.21. The largest absolute Gasteiger partial charge is 0.343 e. The number of anilines is 1. The van der Waals surface area contributed by atoms with E-state index in [0.717, 1.165) is 10.8 Å². The lowest BCUT2D eigenvalue weighted by molar-refractivity contribution is -0.141. The van der Waals surface area contributed by atoms with E-state index in [-0.39, 0.29) is 17.2 Å². The Hall–Kier alpha value is -4.02. The topological polar surface area (TPSA) is 113 Å². The van der Waals surface area contributed by atoms with Crippen LogP contribution < -0.4 is 10.0 Å². The number of rotatable bonds is 10. The molecule has 4 rings (SSSR count). The maximum atomic E-state index is 13.3. The molecule has 10 heteroatoms. The Morgan fingerprint density at radius 1 is 0.872 bits per heavy atom. The molecule has 0 bridgehead atoms. The molecule has 1 unspecified atom stereocenters. The zero-order chi connectivity index (χ0) is 28.0. The predicted octanol–water partition coefficient (Wildman–Crippen LogP) is 4.69. The zero-order valence-corrected chi connectivity index (χ0v) is 23.2. The van der Waals surface area contributed by atoms with E-state index in [0.29, 0.717) is 29.2 Å². The fourth-order valence-corrected chi connectivity index (χ4v) is 5.88. The van der Waals surface area contributed by atoms with Crippen molar-refractivity contribution in [2.45, 2.75) is 25.2 Å². The van der Waals surface area contributed by atoms with Gasteiger partial charge in [0.15, 0.2) is 0 Å². The van der Waals surface area contributed by atoms with Gasteiger partial charge >= 0.3 is 0 Å². The third-order valence-electron chi connectivity index (χ3n) is 6.35. The number of fused-ring (bicyclic) bond motifs is 1. The van der Waals surface area contributed by atoms with Crippen LogP contribution in [0.5, 0.6) is 0 Å². The van der Waals surface area contributed by atoms with Crippen LogP contribution >= 0.6 is 11.3 Å². The third kappa shape index (κ3) is 6.71. The number of hydrogen-bond acceptors (Lipinski definition) is 6. The van der Waals surface area contributed by atoms with Crippen molar-refractivity contribution >= 4 is 55.5 Å². The molecule has 39 heavy (non-hydrogen) atoms. The normalized spacial score (nSPS) is 12.1. The van der Waals surface area contributed by atoms with Gasteiger partial charge in [0.1, 0.15) is 5.92 Å². The molecular weight excluding hydrogens is 534 g/mol. The summed E-state index contributed by atoms with van der Waals surface area (Å²) in [6.45, 7) is 4.36. The van der Waals surface area contributed by atoms with Gasteiger partial charge in [-0.1, -0.05) is 48.5 Å². The molecule has 0 aliphatic carbocycles. The zero-order valence-electron chi connectivity index (χ0n) is 21.6.